The maximum atomic E-state index is 11.4. The normalized spacial score (nSPS) is 18.6. The Morgan fingerprint density at radius 1 is 1.15 bits per heavy atom. The third-order valence-corrected chi connectivity index (χ3v) is 6.39. The van der Waals surface area contributed by atoms with E-state index >= 15 is 0 Å². The summed E-state index contributed by atoms with van der Waals surface area (Å²) in [5, 5.41) is 2.29. The van der Waals surface area contributed by atoms with Gasteiger partial charge in [0, 0.05) is 63.5 Å². The molecule has 0 spiro atoms. The molecule has 8 heteroatoms. The molecule has 0 saturated carbocycles. The fourth-order valence-corrected chi connectivity index (χ4v) is 4.59. The zero-order chi connectivity index (χ0) is 22.8. The van der Waals surface area contributed by atoms with Crippen molar-refractivity contribution in [2.75, 3.05) is 33.2 Å². The largest absolute Gasteiger partial charge is 0.424 e. The van der Waals surface area contributed by atoms with Gasteiger partial charge in [-0.25, -0.2) is 9.97 Å². The topological polar surface area (TPSA) is 82.6 Å². The summed E-state index contributed by atoms with van der Waals surface area (Å²) in [7, 11) is 2.14. The van der Waals surface area contributed by atoms with Gasteiger partial charge in [0.2, 0.25) is 5.91 Å². The average Bonchev–Trinajstić information content (AvgIpc) is 3.31. The third-order valence-electron chi connectivity index (χ3n) is 6.39. The minimum absolute atomic E-state index is 0.175. The van der Waals surface area contributed by atoms with Gasteiger partial charge in [-0.05, 0) is 48.0 Å². The van der Waals surface area contributed by atoms with E-state index in [-0.39, 0.29) is 11.9 Å². The van der Waals surface area contributed by atoms with Crippen LogP contribution in [0.4, 0.5) is 0 Å². The van der Waals surface area contributed by atoms with Gasteiger partial charge in [0.15, 0.2) is 0 Å². The Morgan fingerprint density at radius 3 is 2.64 bits per heavy atom. The number of aromatic nitrogens is 2. The second kappa shape index (κ2) is 9.43. The first-order valence-electron chi connectivity index (χ1n) is 11.5. The molecular weight excluding hydrogens is 416 g/mol. The van der Waals surface area contributed by atoms with Crippen molar-refractivity contribution in [2.45, 2.75) is 25.9 Å². The maximum absolute atomic E-state index is 11.4. The van der Waals surface area contributed by atoms with E-state index in [2.05, 4.69) is 57.0 Å². The molecule has 2 aliphatic rings. The molecule has 172 valence electrons. The highest BCUT2D eigenvalue weighted by Gasteiger charge is 2.29. The van der Waals surface area contributed by atoms with Gasteiger partial charge >= 0.3 is 6.01 Å². The van der Waals surface area contributed by atoms with Gasteiger partial charge in [0.25, 0.3) is 0 Å². The van der Waals surface area contributed by atoms with Crippen LogP contribution in [0.5, 0.6) is 11.8 Å². The van der Waals surface area contributed by atoms with Crippen LogP contribution in [0.25, 0.3) is 10.8 Å². The lowest BCUT2D eigenvalue weighted by atomic mass is 9.99. The second-order valence-corrected chi connectivity index (χ2v) is 9.14. The maximum Gasteiger partial charge on any atom is 0.321 e. The number of nitrogens with zero attached hydrogens (tertiary/aromatic N) is 4. The molecule has 2 N–H and O–H groups in total. The number of hydrogen-bond donors (Lipinski definition) is 2. The van der Waals surface area contributed by atoms with Crippen molar-refractivity contribution in [3.63, 3.8) is 0 Å². The molecule has 0 radical (unpaired) electrons. The molecule has 0 aliphatic carbocycles. The van der Waals surface area contributed by atoms with E-state index in [1.54, 1.807) is 6.92 Å². The molecule has 3 aromatic rings. The number of fused-ring (bicyclic) bond motifs is 1. The van der Waals surface area contributed by atoms with Crippen molar-refractivity contribution in [1.29, 1.82) is 0 Å². The molecular formula is C25H30N6O2. The van der Waals surface area contributed by atoms with E-state index in [1.165, 1.54) is 10.9 Å². The van der Waals surface area contributed by atoms with Crippen LogP contribution in [0.2, 0.25) is 0 Å². The van der Waals surface area contributed by atoms with Crippen molar-refractivity contribution in [2.24, 2.45) is 5.92 Å². The van der Waals surface area contributed by atoms with Gasteiger partial charge in [0.05, 0.1) is 6.04 Å². The van der Waals surface area contributed by atoms with Crippen molar-refractivity contribution >= 4 is 16.7 Å². The van der Waals surface area contributed by atoms with Crippen LogP contribution in [0.1, 0.15) is 30.5 Å². The van der Waals surface area contributed by atoms with E-state index < -0.39 is 0 Å². The number of benzene rings is 2. The molecule has 2 aromatic carbocycles. The fourth-order valence-electron chi connectivity index (χ4n) is 4.59. The quantitative estimate of drug-likeness (QED) is 0.577. The predicted octanol–water partition coefficient (Wildman–Crippen LogP) is 2.87. The van der Waals surface area contributed by atoms with Gasteiger partial charge < -0.3 is 14.5 Å². The van der Waals surface area contributed by atoms with E-state index in [0.717, 1.165) is 55.8 Å². The first-order chi connectivity index (χ1) is 16.0. The van der Waals surface area contributed by atoms with E-state index in [4.69, 9.17) is 4.74 Å². The summed E-state index contributed by atoms with van der Waals surface area (Å²) in [5.41, 5.74) is 8.66. The van der Waals surface area contributed by atoms with Crippen LogP contribution < -0.4 is 15.6 Å². The van der Waals surface area contributed by atoms with Crippen LogP contribution in [-0.2, 0) is 11.3 Å². The molecule has 1 amide bonds. The highest BCUT2D eigenvalue weighted by molar-refractivity contribution is 5.84. The van der Waals surface area contributed by atoms with E-state index in [9.17, 15) is 4.79 Å². The molecule has 2 saturated heterocycles. The Morgan fingerprint density at radius 2 is 1.91 bits per heavy atom. The Balaban J connectivity index is 1.19. The predicted molar refractivity (Wildman–Crippen MR) is 127 cm³/mol. The molecule has 2 aliphatic heterocycles. The Hall–Kier alpha value is -3.07. The first-order valence-corrected chi connectivity index (χ1v) is 11.5. The highest BCUT2D eigenvalue weighted by atomic mass is 16.5. The summed E-state index contributed by atoms with van der Waals surface area (Å²) in [6, 6.07) is 13.2. The van der Waals surface area contributed by atoms with Crippen molar-refractivity contribution in [1.82, 2.24) is 30.6 Å². The molecule has 33 heavy (non-hydrogen) atoms. The van der Waals surface area contributed by atoms with Gasteiger partial charge in [-0.15, -0.1) is 0 Å². The lowest BCUT2D eigenvalue weighted by Gasteiger charge is -2.40. The monoisotopic (exact) mass is 446 g/mol. The van der Waals surface area contributed by atoms with Crippen molar-refractivity contribution < 1.29 is 9.53 Å². The summed E-state index contributed by atoms with van der Waals surface area (Å²) in [4.78, 5) is 24.3. The van der Waals surface area contributed by atoms with Crippen LogP contribution in [0.15, 0.2) is 48.8 Å². The lowest BCUT2D eigenvalue weighted by Crippen LogP contribution is -2.52. The number of carbonyl (C=O) groups is 1. The summed E-state index contributed by atoms with van der Waals surface area (Å²) in [6.45, 7) is 6.22. The summed E-state index contributed by atoms with van der Waals surface area (Å²) in [6.07, 6.45) is 4.65. The minimum Gasteiger partial charge on any atom is -0.424 e. The number of ether oxygens (including phenoxy) is 1. The zero-order valence-electron chi connectivity index (χ0n) is 19.1. The Bertz CT molecular complexity index is 1120. The number of likely N-dealkylation sites (tertiary alicyclic amines) is 1. The zero-order valence-corrected chi connectivity index (χ0v) is 19.1. The third kappa shape index (κ3) is 5.13. The number of hydrazine groups is 1. The molecule has 8 nitrogen and oxygen atoms in total. The number of amides is 1. The van der Waals surface area contributed by atoms with Crippen LogP contribution >= 0.6 is 0 Å². The van der Waals surface area contributed by atoms with Crippen molar-refractivity contribution in [3.05, 3.63) is 59.9 Å². The van der Waals surface area contributed by atoms with Gasteiger partial charge in [-0.1, -0.05) is 18.2 Å². The molecule has 2 fully saturated rings. The molecule has 0 bridgehead atoms. The number of nitrogens with one attached hydrogen (secondary N) is 2. The van der Waals surface area contributed by atoms with Crippen LogP contribution in [0, 0.1) is 5.92 Å². The molecule has 1 unspecified atom stereocenters. The fraction of sp³-hybridized carbons (Fsp3) is 0.400. The summed E-state index contributed by atoms with van der Waals surface area (Å²) < 4.78 is 5.89. The highest BCUT2D eigenvalue weighted by Crippen LogP contribution is 2.26. The second-order valence-electron chi connectivity index (χ2n) is 9.14. The molecule has 5 rings (SSSR count). The first kappa shape index (κ1) is 21.8. The Labute approximate surface area is 193 Å². The van der Waals surface area contributed by atoms with E-state index in [1.807, 2.05) is 29.4 Å². The Kier molecular flexibility index (Phi) is 6.22. The molecule has 3 heterocycles. The number of hydrogen-bond acceptors (Lipinski definition) is 7. The van der Waals surface area contributed by atoms with Gasteiger partial charge in [-0.2, -0.15) is 0 Å². The SMILES string of the molecule is CC(=O)N1CC(CN(C)Cc2ccc3cc(Oc4ncc(C5CCNN5)cn4)ccc3c2)C1. The number of rotatable bonds is 7. The smallest absolute Gasteiger partial charge is 0.321 e. The van der Waals surface area contributed by atoms with E-state index in [0.29, 0.717) is 11.9 Å². The van der Waals surface area contributed by atoms with Crippen LogP contribution in [0.3, 0.4) is 0 Å². The van der Waals surface area contributed by atoms with Gasteiger partial charge in [0.1, 0.15) is 5.75 Å². The van der Waals surface area contributed by atoms with Crippen LogP contribution in [-0.4, -0.2) is 58.9 Å². The van der Waals surface area contributed by atoms with Gasteiger partial charge in [-0.3, -0.25) is 15.6 Å². The average molecular weight is 447 g/mol. The lowest BCUT2D eigenvalue weighted by molar-refractivity contribution is -0.135. The standard InChI is InChI=1S/C25H30N6O2/c1-17(32)31-15-19(16-31)14-30(2)13-18-3-4-21-10-23(6-5-20(21)9-18)33-25-26-11-22(12-27-25)24-7-8-28-29-24/h3-6,9-12,19,24,28-29H,7-8,13-16H2,1-2H3. The summed E-state index contributed by atoms with van der Waals surface area (Å²) >= 11 is 0. The molecule has 1 aromatic heterocycles. The van der Waals surface area contributed by atoms with Crippen molar-refractivity contribution in [3.8, 4) is 11.8 Å². The summed E-state index contributed by atoms with van der Waals surface area (Å²) in [5.74, 6) is 1.47. The molecule has 1 atom stereocenters. The number of carbonyl (C=O) groups excluding carboxylic acids is 1. The minimum atomic E-state index is 0.175.